The number of piperidine rings is 1. The molecular formula is C20H25N5O3. The number of aromatic nitrogens is 3. The normalized spacial score (nSPS) is 19.7. The molecule has 1 aromatic carbocycles. The zero-order valence-corrected chi connectivity index (χ0v) is 16.0. The first kappa shape index (κ1) is 18.5. The molecule has 2 aromatic rings. The van der Waals surface area contributed by atoms with Gasteiger partial charge in [0.2, 0.25) is 5.91 Å². The van der Waals surface area contributed by atoms with Crippen molar-refractivity contribution < 1.29 is 14.3 Å². The third-order valence-electron chi connectivity index (χ3n) is 5.70. The average molecular weight is 383 g/mol. The van der Waals surface area contributed by atoms with Crippen molar-refractivity contribution in [3.05, 3.63) is 48.5 Å². The Hall–Kier alpha value is -2.90. The number of likely N-dealkylation sites (tertiary alicyclic amines) is 1. The molecule has 2 aliphatic rings. The van der Waals surface area contributed by atoms with Gasteiger partial charge in [-0.1, -0.05) is 37.3 Å². The highest BCUT2D eigenvalue weighted by Crippen LogP contribution is 2.34. The van der Waals surface area contributed by atoms with Crippen molar-refractivity contribution >= 4 is 12.0 Å². The van der Waals surface area contributed by atoms with Gasteiger partial charge >= 0.3 is 6.09 Å². The van der Waals surface area contributed by atoms with E-state index in [1.165, 1.54) is 22.9 Å². The molecule has 2 amide bonds. The van der Waals surface area contributed by atoms with Gasteiger partial charge in [-0.05, 0) is 11.5 Å². The molecule has 1 aromatic heterocycles. The SMILES string of the molecule is C[C@@H](CN1CC2(CCN(C(=O)Cn3cncn3)CC2)OC1=O)c1ccccc1. The zero-order valence-electron chi connectivity index (χ0n) is 16.0. The fourth-order valence-corrected chi connectivity index (χ4v) is 4.03. The topological polar surface area (TPSA) is 80.6 Å². The van der Waals surface area contributed by atoms with Crippen LogP contribution in [-0.2, 0) is 16.1 Å². The largest absolute Gasteiger partial charge is 0.441 e. The molecule has 2 fully saturated rings. The van der Waals surface area contributed by atoms with Crippen LogP contribution in [0.2, 0.25) is 0 Å². The lowest BCUT2D eigenvalue weighted by atomic mass is 9.91. The Balaban J connectivity index is 1.32. The van der Waals surface area contributed by atoms with Crippen LogP contribution in [0.4, 0.5) is 4.79 Å². The van der Waals surface area contributed by atoms with Crippen LogP contribution in [0.5, 0.6) is 0 Å². The maximum Gasteiger partial charge on any atom is 0.410 e. The maximum atomic E-state index is 12.4. The highest BCUT2D eigenvalue weighted by Gasteiger charge is 2.47. The van der Waals surface area contributed by atoms with E-state index in [0.29, 0.717) is 39.0 Å². The van der Waals surface area contributed by atoms with E-state index in [1.54, 1.807) is 0 Å². The van der Waals surface area contributed by atoms with E-state index in [-0.39, 0.29) is 24.5 Å². The first-order chi connectivity index (χ1) is 13.5. The second kappa shape index (κ2) is 7.61. The van der Waals surface area contributed by atoms with Crippen molar-refractivity contribution in [3.8, 4) is 0 Å². The minimum absolute atomic E-state index is 0.0132. The van der Waals surface area contributed by atoms with Gasteiger partial charge in [0, 0.05) is 32.5 Å². The summed E-state index contributed by atoms with van der Waals surface area (Å²) in [6, 6.07) is 10.2. The molecule has 0 aliphatic carbocycles. The number of benzene rings is 1. The minimum atomic E-state index is -0.475. The van der Waals surface area contributed by atoms with Gasteiger partial charge in [0.25, 0.3) is 0 Å². The van der Waals surface area contributed by atoms with Crippen LogP contribution >= 0.6 is 0 Å². The minimum Gasteiger partial charge on any atom is -0.441 e. The molecule has 3 heterocycles. The van der Waals surface area contributed by atoms with Crippen LogP contribution < -0.4 is 0 Å². The quantitative estimate of drug-likeness (QED) is 0.788. The summed E-state index contributed by atoms with van der Waals surface area (Å²) < 4.78 is 7.32. The van der Waals surface area contributed by atoms with Crippen LogP contribution in [0.25, 0.3) is 0 Å². The van der Waals surface area contributed by atoms with Crippen LogP contribution in [0.3, 0.4) is 0 Å². The van der Waals surface area contributed by atoms with Crippen molar-refractivity contribution in [1.29, 1.82) is 0 Å². The molecule has 0 saturated carbocycles. The van der Waals surface area contributed by atoms with Gasteiger partial charge in [-0.3, -0.25) is 4.79 Å². The lowest BCUT2D eigenvalue weighted by molar-refractivity contribution is -0.135. The maximum absolute atomic E-state index is 12.4. The summed E-state index contributed by atoms with van der Waals surface area (Å²) in [5.41, 5.74) is 0.738. The fourth-order valence-electron chi connectivity index (χ4n) is 4.03. The Morgan fingerprint density at radius 2 is 2.00 bits per heavy atom. The molecule has 0 radical (unpaired) electrons. The van der Waals surface area contributed by atoms with Crippen molar-refractivity contribution in [2.75, 3.05) is 26.2 Å². The molecular weight excluding hydrogens is 358 g/mol. The highest BCUT2D eigenvalue weighted by atomic mass is 16.6. The summed E-state index contributed by atoms with van der Waals surface area (Å²) >= 11 is 0. The molecule has 4 rings (SSSR count). The number of hydrogen-bond acceptors (Lipinski definition) is 5. The third-order valence-corrected chi connectivity index (χ3v) is 5.70. The van der Waals surface area contributed by atoms with Gasteiger partial charge < -0.3 is 14.5 Å². The van der Waals surface area contributed by atoms with E-state index < -0.39 is 5.60 Å². The number of hydrogen-bond donors (Lipinski definition) is 0. The number of nitrogens with zero attached hydrogens (tertiary/aromatic N) is 5. The van der Waals surface area contributed by atoms with Gasteiger partial charge in [0.1, 0.15) is 24.8 Å². The van der Waals surface area contributed by atoms with Crippen LogP contribution in [-0.4, -0.2) is 68.3 Å². The molecule has 2 saturated heterocycles. The van der Waals surface area contributed by atoms with Crippen molar-refractivity contribution in [2.45, 2.75) is 37.8 Å². The molecule has 0 N–H and O–H groups in total. The van der Waals surface area contributed by atoms with Gasteiger partial charge in [0.05, 0.1) is 6.54 Å². The molecule has 28 heavy (non-hydrogen) atoms. The number of ether oxygens (including phenoxy) is 1. The molecule has 8 heteroatoms. The highest BCUT2D eigenvalue weighted by molar-refractivity contribution is 5.76. The molecule has 1 spiro atoms. The summed E-state index contributed by atoms with van der Waals surface area (Å²) in [6.45, 7) is 4.71. The van der Waals surface area contributed by atoms with E-state index in [4.69, 9.17) is 4.74 Å². The monoisotopic (exact) mass is 383 g/mol. The first-order valence-electron chi connectivity index (χ1n) is 9.68. The number of rotatable bonds is 5. The Morgan fingerprint density at radius 1 is 1.25 bits per heavy atom. The lowest BCUT2D eigenvalue weighted by Crippen LogP contribution is -2.49. The van der Waals surface area contributed by atoms with E-state index in [9.17, 15) is 9.59 Å². The molecule has 148 valence electrons. The second-order valence-corrected chi connectivity index (χ2v) is 7.72. The third kappa shape index (κ3) is 3.85. The summed E-state index contributed by atoms with van der Waals surface area (Å²) in [5, 5.41) is 3.98. The standard InChI is InChI=1S/C20H25N5O3/c1-16(17-5-3-2-4-6-17)11-24-13-20(28-19(24)27)7-9-23(10-8-20)18(26)12-25-15-21-14-22-25/h2-6,14-16H,7-13H2,1H3/t16-/m0/s1. The predicted molar refractivity (Wildman–Crippen MR) is 101 cm³/mol. The molecule has 0 unspecified atom stereocenters. The number of carbonyl (C=O) groups is 2. The van der Waals surface area contributed by atoms with Gasteiger partial charge in [-0.15, -0.1) is 0 Å². The van der Waals surface area contributed by atoms with E-state index in [0.717, 1.165) is 0 Å². The molecule has 0 bridgehead atoms. The number of carbonyl (C=O) groups excluding carboxylic acids is 2. The van der Waals surface area contributed by atoms with Crippen LogP contribution in [0.15, 0.2) is 43.0 Å². The van der Waals surface area contributed by atoms with E-state index >= 15 is 0 Å². The molecule has 2 aliphatic heterocycles. The van der Waals surface area contributed by atoms with Crippen molar-refractivity contribution in [3.63, 3.8) is 0 Å². The Morgan fingerprint density at radius 3 is 2.68 bits per heavy atom. The summed E-state index contributed by atoms with van der Waals surface area (Å²) in [4.78, 5) is 32.3. The summed E-state index contributed by atoms with van der Waals surface area (Å²) in [6.07, 6.45) is 4.04. The summed E-state index contributed by atoms with van der Waals surface area (Å²) in [5.74, 6) is 0.257. The number of amides is 2. The molecule has 8 nitrogen and oxygen atoms in total. The average Bonchev–Trinajstić information content (AvgIpc) is 3.31. The van der Waals surface area contributed by atoms with Crippen LogP contribution in [0.1, 0.15) is 31.2 Å². The fraction of sp³-hybridized carbons (Fsp3) is 0.500. The Kier molecular flexibility index (Phi) is 5.02. The van der Waals surface area contributed by atoms with Gasteiger partial charge in [0.15, 0.2) is 0 Å². The van der Waals surface area contributed by atoms with E-state index in [1.807, 2.05) is 28.0 Å². The van der Waals surface area contributed by atoms with Gasteiger partial charge in [-0.25, -0.2) is 14.5 Å². The summed E-state index contributed by atoms with van der Waals surface area (Å²) in [7, 11) is 0. The zero-order chi connectivity index (χ0) is 19.6. The van der Waals surface area contributed by atoms with Crippen molar-refractivity contribution in [2.24, 2.45) is 0 Å². The Bertz CT molecular complexity index is 816. The van der Waals surface area contributed by atoms with E-state index in [2.05, 4.69) is 29.1 Å². The smallest absolute Gasteiger partial charge is 0.410 e. The van der Waals surface area contributed by atoms with Gasteiger partial charge in [-0.2, -0.15) is 5.10 Å². The Labute approximate surface area is 164 Å². The predicted octanol–water partition coefficient (Wildman–Crippen LogP) is 1.90. The van der Waals surface area contributed by atoms with Crippen molar-refractivity contribution in [1.82, 2.24) is 24.6 Å². The first-order valence-corrected chi connectivity index (χ1v) is 9.68. The molecule has 1 atom stereocenters. The lowest BCUT2D eigenvalue weighted by Gasteiger charge is -2.37. The second-order valence-electron chi connectivity index (χ2n) is 7.72. The van der Waals surface area contributed by atoms with Crippen LogP contribution in [0, 0.1) is 0 Å².